The highest BCUT2D eigenvalue weighted by molar-refractivity contribution is 5.77. The summed E-state index contributed by atoms with van der Waals surface area (Å²) in [4.78, 5) is 25.4. The quantitative estimate of drug-likeness (QED) is 0.844. The van der Waals surface area contributed by atoms with E-state index < -0.39 is 11.2 Å². The molecule has 1 fully saturated rings. The fourth-order valence-corrected chi connectivity index (χ4v) is 2.14. The van der Waals surface area contributed by atoms with E-state index in [1.807, 2.05) is 41.5 Å². The Morgan fingerprint density at radius 2 is 1.95 bits per heavy atom. The summed E-state index contributed by atoms with van der Waals surface area (Å²) >= 11 is 0. The van der Waals surface area contributed by atoms with E-state index in [4.69, 9.17) is 9.47 Å². The molecule has 2 amide bonds. The number of nitrogens with zero attached hydrogens (tertiary/aromatic N) is 1. The van der Waals surface area contributed by atoms with Crippen molar-refractivity contribution >= 4 is 12.0 Å². The molecule has 1 heterocycles. The first-order chi connectivity index (χ1) is 10.0. The summed E-state index contributed by atoms with van der Waals surface area (Å²) in [5, 5.41) is 2.82. The fourth-order valence-electron chi connectivity index (χ4n) is 2.14. The smallest absolute Gasteiger partial charge is 0.410 e. The molecule has 0 radical (unpaired) electrons. The van der Waals surface area contributed by atoms with Crippen LogP contribution in [0.25, 0.3) is 0 Å². The second-order valence-electron chi connectivity index (χ2n) is 7.59. The second-order valence-corrected chi connectivity index (χ2v) is 7.59. The average Bonchev–Trinajstić information content (AvgIpc) is 2.75. The topological polar surface area (TPSA) is 67.9 Å². The number of carbonyl (C=O) groups is 2. The molecular weight excluding hydrogens is 284 g/mol. The first-order valence-electron chi connectivity index (χ1n) is 7.89. The zero-order valence-electron chi connectivity index (χ0n) is 14.7. The van der Waals surface area contributed by atoms with E-state index in [0.717, 1.165) is 0 Å². The molecule has 0 aromatic rings. The Hall–Kier alpha value is -1.30. The molecule has 0 aromatic carbocycles. The van der Waals surface area contributed by atoms with Crippen LogP contribution in [0.3, 0.4) is 0 Å². The molecule has 0 spiro atoms. The highest BCUT2D eigenvalue weighted by atomic mass is 16.6. The third kappa shape index (κ3) is 6.64. The Morgan fingerprint density at radius 3 is 2.50 bits per heavy atom. The number of rotatable bonds is 5. The standard InChI is InChI=1S/C16H30N2O4/c1-12(2)9-17-13(19)10-21-16(6)7-8-18(11-16)14(20)22-15(3,4)5/h12H,7-11H2,1-6H3,(H,17,19). The molecule has 1 aliphatic rings. The van der Waals surface area contributed by atoms with Crippen molar-refractivity contribution in [3.63, 3.8) is 0 Å². The molecule has 1 unspecified atom stereocenters. The van der Waals surface area contributed by atoms with Gasteiger partial charge in [-0.2, -0.15) is 0 Å². The van der Waals surface area contributed by atoms with E-state index in [-0.39, 0.29) is 18.6 Å². The molecule has 0 saturated carbocycles. The number of amides is 2. The minimum absolute atomic E-state index is 0.0192. The van der Waals surface area contributed by atoms with Crippen molar-refractivity contribution in [3.8, 4) is 0 Å². The summed E-state index contributed by atoms with van der Waals surface area (Å²) in [7, 11) is 0. The zero-order chi connectivity index (χ0) is 17.0. The largest absolute Gasteiger partial charge is 0.444 e. The van der Waals surface area contributed by atoms with Gasteiger partial charge in [0.25, 0.3) is 0 Å². The van der Waals surface area contributed by atoms with E-state index >= 15 is 0 Å². The summed E-state index contributed by atoms with van der Waals surface area (Å²) in [6, 6.07) is 0. The van der Waals surface area contributed by atoms with Crippen molar-refractivity contribution in [3.05, 3.63) is 0 Å². The molecule has 0 aromatic heterocycles. The number of hydrogen-bond donors (Lipinski definition) is 1. The van der Waals surface area contributed by atoms with E-state index in [9.17, 15) is 9.59 Å². The van der Waals surface area contributed by atoms with Crippen molar-refractivity contribution in [2.75, 3.05) is 26.2 Å². The molecule has 1 saturated heterocycles. The molecule has 0 bridgehead atoms. The lowest BCUT2D eigenvalue weighted by molar-refractivity contribution is -0.131. The van der Waals surface area contributed by atoms with Gasteiger partial charge in [0.05, 0.1) is 12.1 Å². The maximum absolute atomic E-state index is 12.0. The maximum atomic E-state index is 12.0. The molecule has 1 N–H and O–H groups in total. The third-order valence-electron chi connectivity index (χ3n) is 3.35. The Bertz CT molecular complexity index is 403. The lowest BCUT2D eigenvalue weighted by Gasteiger charge is -2.27. The third-order valence-corrected chi connectivity index (χ3v) is 3.35. The molecule has 22 heavy (non-hydrogen) atoms. The van der Waals surface area contributed by atoms with Gasteiger partial charge in [-0.05, 0) is 40.0 Å². The predicted octanol–water partition coefficient (Wildman–Crippen LogP) is 2.17. The molecule has 1 atom stereocenters. The van der Waals surface area contributed by atoms with Crippen molar-refractivity contribution in [2.45, 2.75) is 59.2 Å². The van der Waals surface area contributed by atoms with Crippen LogP contribution in [0.4, 0.5) is 4.79 Å². The van der Waals surface area contributed by atoms with Crippen LogP contribution in [-0.2, 0) is 14.3 Å². The fraction of sp³-hybridized carbons (Fsp3) is 0.875. The Kier molecular flexibility index (Phi) is 6.23. The number of nitrogens with one attached hydrogen (secondary N) is 1. The molecule has 6 nitrogen and oxygen atoms in total. The van der Waals surface area contributed by atoms with Gasteiger partial charge in [0.15, 0.2) is 0 Å². The summed E-state index contributed by atoms with van der Waals surface area (Å²) in [6.07, 6.45) is 0.369. The van der Waals surface area contributed by atoms with E-state index in [0.29, 0.717) is 32.0 Å². The van der Waals surface area contributed by atoms with Gasteiger partial charge < -0.3 is 19.7 Å². The monoisotopic (exact) mass is 314 g/mol. The van der Waals surface area contributed by atoms with Crippen LogP contribution in [-0.4, -0.2) is 54.3 Å². The van der Waals surface area contributed by atoms with Crippen LogP contribution in [0.15, 0.2) is 0 Å². The normalized spacial score (nSPS) is 22.0. The predicted molar refractivity (Wildman–Crippen MR) is 84.6 cm³/mol. The van der Waals surface area contributed by atoms with E-state index in [1.54, 1.807) is 4.90 Å². The summed E-state index contributed by atoms with van der Waals surface area (Å²) < 4.78 is 11.1. The Balaban J connectivity index is 2.40. The molecule has 0 aliphatic carbocycles. The minimum atomic E-state index is -0.506. The Morgan fingerprint density at radius 1 is 1.32 bits per heavy atom. The summed E-state index contributed by atoms with van der Waals surface area (Å²) in [6.45, 7) is 13.2. The molecule has 1 rings (SSSR count). The molecule has 6 heteroatoms. The van der Waals surface area contributed by atoms with Gasteiger partial charge in [0.1, 0.15) is 12.2 Å². The van der Waals surface area contributed by atoms with Gasteiger partial charge in [0.2, 0.25) is 5.91 Å². The lowest BCUT2D eigenvalue weighted by atomic mass is 10.1. The van der Waals surface area contributed by atoms with Crippen LogP contribution in [0, 0.1) is 5.92 Å². The number of carbonyl (C=O) groups excluding carboxylic acids is 2. The van der Waals surface area contributed by atoms with Gasteiger partial charge in [-0.3, -0.25) is 4.79 Å². The zero-order valence-corrected chi connectivity index (χ0v) is 14.7. The molecule has 1 aliphatic heterocycles. The van der Waals surface area contributed by atoms with Gasteiger partial charge in [0, 0.05) is 13.1 Å². The van der Waals surface area contributed by atoms with Gasteiger partial charge in [-0.15, -0.1) is 0 Å². The lowest BCUT2D eigenvalue weighted by Crippen LogP contribution is -2.41. The van der Waals surface area contributed by atoms with Crippen molar-refractivity contribution in [2.24, 2.45) is 5.92 Å². The number of likely N-dealkylation sites (tertiary alicyclic amines) is 1. The van der Waals surface area contributed by atoms with Crippen molar-refractivity contribution in [1.82, 2.24) is 10.2 Å². The van der Waals surface area contributed by atoms with Crippen LogP contribution >= 0.6 is 0 Å². The second kappa shape index (κ2) is 7.31. The summed E-state index contributed by atoms with van der Waals surface area (Å²) in [5.41, 5.74) is -1.00. The van der Waals surface area contributed by atoms with E-state index in [2.05, 4.69) is 5.32 Å². The number of hydrogen-bond acceptors (Lipinski definition) is 4. The Labute approximate surface area is 133 Å². The highest BCUT2D eigenvalue weighted by Gasteiger charge is 2.39. The maximum Gasteiger partial charge on any atom is 0.410 e. The first kappa shape index (κ1) is 18.7. The van der Waals surface area contributed by atoms with Gasteiger partial charge in [-0.25, -0.2) is 4.79 Å². The summed E-state index contributed by atoms with van der Waals surface area (Å²) in [5.74, 6) is 0.291. The SMILES string of the molecule is CC(C)CNC(=O)COC1(C)CCN(C(=O)OC(C)(C)C)C1. The minimum Gasteiger partial charge on any atom is -0.444 e. The van der Waals surface area contributed by atoms with Crippen LogP contribution < -0.4 is 5.32 Å². The molecule has 128 valence electrons. The van der Waals surface area contributed by atoms with Crippen molar-refractivity contribution in [1.29, 1.82) is 0 Å². The molecular formula is C16H30N2O4. The van der Waals surface area contributed by atoms with Crippen LogP contribution in [0.1, 0.15) is 48.0 Å². The van der Waals surface area contributed by atoms with Crippen LogP contribution in [0.5, 0.6) is 0 Å². The van der Waals surface area contributed by atoms with E-state index in [1.165, 1.54) is 0 Å². The highest BCUT2D eigenvalue weighted by Crippen LogP contribution is 2.26. The van der Waals surface area contributed by atoms with Gasteiger partial charge in [-0.1, -0.05) is 13.8 Å². The average molecular weight is 314 g/mol. The van der Waals surface area contributed by atoms with Crippen LogP contribution in [0.2, 0.25) is 0 Å². The number of ether oxygens (including phenoxy) is 2. The van der Waals surface area contributed by atoms with Gasteiger partial charge >= 0.3 is 6.09 Å². The first-order valence-corrected chi connectivity index (χ1v) is 7.89. The van der Waals surface area contributed by atoms with Crippen molar-refractivity contribution < 1.29 is 19.1 Å².